The number of rotatable bonds is 20. The maximum atomic E-state index is 6.49. The molecule has 2 N–H and O–H groups in total. The van der Waals surface area contributed by atoms with Crippen LogP contribution in [0.15, 0.2) is 30.3 Å². The number of unbranched alkanes of at least 4 members (excludes halogenated alkanes) is 15. The van der Waals surface area contributed by atoms with Gasteiger partial charge in [-0.25, -0.2) is 0 Å². The number of hydrogen-bond acceptors (Lipinski definition) is 1. The van der Waals surface area contributed by atoms with Crippen molar-refractivity contribution < 1.29 is 0 Å². The second-order valence-electron chi connectivity index (χ2n) is 10.3. The zero-order valence-electron chi connectivity index (χ0n) is 20.8. The van der Waals surface area contributed by atoms with E-state index in [0.717, 1.165) is 6.42 Å². The fraction of sp³-hybridized carbons (Fsp3) is 0.793. The third kappa shape index (κ3) is 15.1. The first-order valence-corrected chi connectivity index (χ1v) is 13.4. The van der Waals surface area contributed by atoms with Gasteiger partial charge in [0.25, 0.3) is 0 Å². The highest BCUT2D eigenvalue weighted by molar-refractivity contribution is 5.16. The van der Waals surface area contributed by atoms with Crippen molar-refractivity contribution in [3.8, 4) is 0 Å². The molecule has 0 radical (unpaired) electrons. The molecule has 0 heterocycles. The summed E-state index contributed by atoms with van der Waals surface area (Å²) >= 11 is 0. The van der Waals surface area contributed by atoms with E-state index in [4.69, 9.17) is 5.73 Å². The van der Waals surface area contributed by atoms with Crippen molar-refractivity contribution in [1.82, 2.24) is 0 Å². The van der Waals surface area contributed by atoms with Crippen LogP contribution >= 0.6 is 0 Å². The summed E-state index contributed by atoms with van der Waals surface area (Å²) in [5.41, 5.74) is 7.83. The average Bonchev–Trinajstić information content (AvgIpc) is 2.72. The molecule has 0 aliphatic carbocycles. The molecule has 1 rings (SSSR count). The molecule has 0 aliphatic rings. The van der Waals surface area contributed by atoms with Crippen molar-refractivity contribution in [1.29, 1.82) is 0 Å². The summed E-state index contributed by atoms with van der Waals surface area (Å²) in [6.45, 7) is 6.70. The van der Waals surface area contributed by atoms with Crippen LogP contribution in [0.25, 0.3) is 0 Å². The molecule has 1 nitrogen and oxygen atoms in total. The van der Waals surface area contributed by atoms with Gasteiger partial charge in [0.15, 0.2) is 0 Å². The van der Waals surface area contributed by atoms with Gasteiger partial charge in [0.1, 0.15) is 0 Å². The van der Waals surface area contributed by atoms with Crippen LogP contribution in [-0.4, -0.2) is 5.54 Å². The van der Waals surface area contributed by atoms with Gasteiger partial charge in [-0.1, -0.05) is 140 Å². The van der Waals surface area contributed by atoms with E-state index >= 15 is 0 Å². The minimum Gasteiger partial charge on any atom is -0.325 e. The quantitative estimate of drug-likeness (QED) is 0.211. The Hall–Kier alpha value is -0.820. The molecular weight excluding hydrogens is 362 g/mol. The molecule has 0 saturated heterocycles. The molecule has 1 unspecified atom stereocenters. The molecule has 0 amide bonds. The third-order valence-corrected chi connectivity index (χ3v) is 6.78. The molecule has 0 spiro atoms. The van der Waals surface area contributed by atoms with Gasteiger partial charge in [-0.05, 0) is 38.2 Å². The van der Waals surface area contributed by atoms with Gasteiger partial charge in [-0.15, -0.1) is 0 Å². The smallest absolute Gasteiger partial charge is 0.0129 e. The molecule has 0 saturated carbocycles. The lowest BCUT2D eigenvalue weighted by Crippen LogP contribution is -2.42. The van der Waals surface area contributed by atoms with Crippen LogP contribution < -0.4 is 5.73 Å². The van der Waals surface area contributed by atoms with Crippen LogP contribution in [0.5, 0.6) is 0 Å². The van der Waals surface area contributed by atoms with Crippen LogP contribution in [0, 0.1) is 5.92 Å². The van der Waals surface area contributed by atoms with Gasteiger partial charge < -0.3 is 5.73 Å². The minimum absolute atomic E-state index is 0.0919. The lowest BCUT2D eigenvalue weighted by atomic mass is 9.80. The molecule has 1 aromatic carbocycles. The number of benzene rings is 1. The van der Waals surface area contributed by atoms with E-state index in [0.29, 0.717) is 5.92 Å². The maximum absolute atomic E-state index is 6.49. The highest BCUT2D eigenvalue weighted by Crippen LogP contribution is 2.25. The summed E-state index contributed by atoms with van der Waals surface area (Å²) in [6, 6.07) is 10.9. The average molecular weight is 416 g/mol. The van der Waals surface area contributed by atoms with Crippen LogP contribution in [0.3, 0.4) is 0 Å². The molecule has 0 bridgehead atoms. The van der Waals surface area contributed by atoms with Crippen molar-refractivity contribution in [3.63, 3.8) is 0 Å². The Morgan fingerprint density at radius 3 is 1.43 bits per heavy atom. The lowest BCUT2D eigenvalue weighted by Gasteiger charge is -2.31. The van der Waals surface area contributed by atoms with Crippen LogP contribution in [-0.2, 0) is 6.42 Å². The van der Waals surface area contributed by atoms with Gasteiger partial charge in [0.2, 0.25) is 0 Å². The SMILES string of the molecule is CCCCCCCCCCCCCCCCCCC(Cc1ccccc1)C(C)(C)N. The fourth-order valence-corrected chi connectivity index (χ4v) is 4.57. The van der Waals surface area contributed by atoms with Gasteiger partial charge >= 0.3 is 0 Å². The normalized spacial score (nSPS) is 12.9. The number of nitrogens with two attached hydrogens (primary N) is 1. The molecule has 1 heteroatoms. The van der Waals surface area contributed by atoms with Crippen molar-refractivity contribution in [3.05, 3.63) is 35.9 Å². The predicted octanol–water partition coefficient (Wildman–Crippen LogP) is 9.23. The highest BCUT2D eigenvalue weighted by atomic mass is 14.7. The topological polar surface area (TPSA) is 26.0 Å². The first-order valence-electron chi connectivity index (χ1n) is 13.4. The van der Waals surface area contributed by atoms with Gasteiger partial charge in [-0.3, -0.25) is 0 Å². The number of hydrogen-bond donors (Lipinski definition) is 1. The summed E-state index contributed by atoms with van der Waals surface area (Å²) < 4.78 is 0. The summed E-state index contributed by atoms with van der Waals surface area (Å²) in [5.74, 6) is 0.576. The van der Waals surface area contributed by atoms with Gasteiger partial charge in [-0.2, -0.15) is 0 Å². The van der Waals surface area contributed by atoms with E-state index < -0.39 is 0 Å². The first-order chi connectivity index (χ1) is 14.5. The van der Waals surface area contributed by atoms with E-state index in [1.807, 2.05) is 0 Å². The second kappa shape index (κ2) is 17.8. The van der Waals surface area contributed by atoms with Gasteiger partial charge in [0.05, 0.1) is 0 Å². The second-order valence-corrected chi connectivity index (χ2v) is 10.3. The van der Waals surface area contributed by atoms with Crippen LogP contribution in [0.4, 0.5) is 0 Å². The Kier molecular flexibility index (Phi) is 16.2. The predicted molar refractivity (Wildman–Crippen MR) is 136 cm³/mol. The van der Waals surface area contributed by atoms with E-state index in [2.05, 4.69) is 51.1 Å². The summed E-state index contributed by atoms with van der Waals surface area (Å²) in [5, 5.41) is 0. The largest absolute Gasteiger partial charge is 0.325 e. The summed E-state index contributed by atoms with van der Waals surface area (Å²) in [7, 11) is 0. The van der Waals surface area contributed by atoms with E-state index in [-0.39, 0.29) is 5.54 Å². The molecule has 0 fully saturated rings. The van der Waals surface area contributed by atoms with E-state index in [1.165, 1.54) is 115 Å². The summed E-state index contributed by atoms with van der Waals surface area (Å²) in [6.07, 6.45) is 25.3. The van der Waals surface area contributed by atoms with Crippen molar-refractivity contribution in [2.45, 2.75) is 142 Å². The van der Waals surface area contributed by atoms with Crippen molar-refractivity contribution >= 4 is 0 Å². The van der Waals surface area contributed by atoms with E-state index in [1.54, 1.807) is 0 Å². The fourth-order valence-electron chi connectivity index (χ4n) is 4.57. The monoisotopic (exact) mass is 415 g/mol. The molecule has 174 valence electrons. The van der Waals surface area contributed by atoms with Crippen LogP contribution in [0.2, 0.25) is 0 Å². The third-order valence-electron chi connectivity index (χ3n) is 6.78. The lowest BCUT2D eigenvalue weighted by molar-refractivity contribution is 0.290. The molecule has 1 aromatic rings. The molecule has 0 aliphatic heterocycles. The first kappa shape index (κ1) is 27.2. The zero-order valence-corrected chi connectivity index (χ0v) is 20.8. The molecule has 30 heavy (non-hydrogen) atoms. The Morgan fingerprint density at radius 2 is 1.03 bits per heavy atom. The van der Waals surface area contributed by atoms with Crippen molar-refractivity contribution in [2.24, 2.45) is 11.7 Å². The minimum atomic E-state index is -0.0919. The van der Waals surface area contributed by atoms with E-state index in [9.17, 15) is 0 Å². The maximum Gasteiger partial charge on any atom is 0.0129 e. The Labute approximate surface area is 189 Å². The standard InChI is InChI=1S/C29H53N/c1-4-5-6-7-8-9-10-11-12-13-14-15-16-17-18-22-25-28(29(2,3)30)26-27-23-20-19-21-24-27/h19-21,23-24,28H,4-18,22,25-26,30H2,1-3H3. The van der Waals surface area contributed by atoms with Crippen molar-refractivity contribution in [2.75, 3.05) is 0 Å². The van der Waals surface area contributed by atoms with Gasteiger partial charge in [0, 0.05) is 5.54 Å². The molecule has 0 aromatic heterocycles. The Morgan fingerprint density at radius 1 is 0.633 bits per heavy atom. The van der Waals surface area contributed by atoms with Crippen LogP contribution in [0.1, 0.15) is 135 Å². The zero-order chi connectivity index (χ0) is 21.9. The Bertz CT molecular complexity index is 473. The molecular formula is C29H53N. The Balaban J connectivity index is 1.94. The molecule has 1 atom stereocenters. The summed E-state index contributed by atoms with van der Waals surface area (Å²) in [4.78, 5) is 0. The highest BCUT2D eigenvalue weighted by Gasteiger charge is 2.24.